The number of carbonyl (C=O) groups excluding carboxylic acids is 1. The molecule has 0 fully saturated rings. The number of aromatic hydroxyl groups is 1. The lowest BCUT2D eigenvalue weighted by Crippen LogP contribution is -2.12. The van der Waals surface area contributed by atoms with Gasteiger partial charge in [-0.15, -0.1) is 0 Å². The number of nitrogen functional groups attached to an aromatic ring is 1. The van der Waals surface area contributed by atoms with Crippen molar-refractivity contribution >= 4 is 40.5 Å². The van der Waals surface area contributed by atoms with Crippen molar-refractivity contribution in [1.29, 1.82) is 0 Å². The number of hydrogen-bond donors (Lipinski definition) is 3. The number of carbonyl (C=O) groups is 1. The van der Waals surface area contributed by atoms with Crippen LogP contribution in [-0.4, -0.2) is 11.0 Å². The molecule has 1 amide bonds. The van der Waals surface area contributed by atoms with Crippen LogP contribution in [0.3, 0.4) is 0 Å². The van der Waals surface area contributed by atoms with Crippen LogP contribution in [0.15, 0.2) is 36.4 Å². The van der Waals surface area contributed by atoms with Crippen LogP contribution in [0.25, 0.3) is 0 Å². The normalized spacial score (nSPS) is 10.2. The van der Waals surface area contributed by atoms with Crippen LogP contribution >= 0.6 is 23.2 Å². The number of phenolic OH excluding ortho intramolecular Hbond substituents is 1. The molecule has 2 aromatic carbocycles. The van der Waals surface area contributed by atoms with E-state index in [2.05, 4.69) is 5.32 Å². The standard InChI is InChI=1S/C13H10Cl2N2O2/c14-7-1-3-11(10(15)5-7)17-13(19)9-6-8(16)2-4-12(9)18/h1-6,18H,16H2,(H,17,19). The maximum atomic E-state index is 12.0. The summed E-state index contributed by atoms with van der Waals surface area (Å²) < 4.78 is 0. The number of nitrogens with two attached hydrogens (primary N) is 1. The number of benzene rings is 2. The Kier molecular flexibility index (Phi) is 3.83. The number of amides is 1. The molecule has 0 bridgehead atoms. The molecule has 0 aromatic heterocycles. The van der Waals surface area contributed by atoms with Crippen molar-refractivity contribution in [1.82, 2.24) is 0 Å². The van der Waals surface area contributed by atoms with E-state index in [0.717, 1.165) is 0 Å². The molecule has 98 valence electrons. The molecule has 0 saturated carbocycles. The number of halogens is 2. The summed E-state index contributed by atoms with van der Waals surface area (Å²) in [4.78, 5) is 12.0. The first kappa shape index (κ1) is 13.5. The van der Waals surface area contributed by atoms with Crippen LogP contribution in [0, 0.1) is 0 Å². The van der Waals surface area contributed by atoms with Crippen LogP contribution in [0.1, 0.15) is 10.4 Å². The summed E-state index contributed by atoms with van der Waals surface area (Å²) in [5.74, 6) is -0.661. The molecular weight excluding hydrogens is 287 g/mol. The third-order valence-electron chi connectivity index (χ3n) is 2.44. The summed E-state index contributed by atoms with van der Waals surface area (Å²) in [5, 5.41) is 13.0. The zero-order valence-corrected chi connectivity index (χ0v) is 11.2. The average molecular weight is 297 g/mol. The lowest BCUT2D eigenvalue weighted by molar-refractivity contribution is 0.102. The van der Waals surface area contributed by atoms with Crippen molar-refractivity contribution in [3.63, 3.8) is 0 Å². The summed E-state index contributed by atoms with van der Waals surface area (Å²) in [6, 6.07) is 8.93. The van der Waals surface area contributed by atoms with Gasteiger partial charge in [0.15, 0.2) is 0 Å². The van der Waals surface area contributed by atoms with Crippen LogP contribution in [0.2, 0.25) is 10.0 Å². The molecule has 0 heterocycles. The van der Waals surface area contributed by atoms with Crippen LogP contribution < -0.4 is 11.1 Å². The SMILES string of the molecule is Nc1ccc(O)c(C(=O)Nc2ccc(Cl)cc2Cl)c1. The molecule has 0 atom stereocenters. The van der Waals surface area contributed by atoms with Gasteiger partial charge in [-0.25, -0.2) is 0 Å². The fourth-order valence-corrected chi connectivity index (χ4v) is 1.97. The molecule has 0 spiro atoms. The molecule has 6 heteroatoms. The Balaban J connectivity index is 2.28. The molecule has 19 heavy (non-hydrogen) atoms. The number of anilines is 2. The van der Waals surface area contributed by atoms with E-state index in [9.17, 15) is 9.90 Å². The number of nitrogens with one attached hydrogen (secondary N) is 1. The molecular formula is C13H10Cl2N2O2. The van der Waals surface area contributed by atoms with Gasteiger partial charge >= 0.3 is 0 Å². The molecule has 2 aromatic rings. The second-order valence-electron chi connectivity index (χ2n) is 3.85. The van der Waals surface area contributed by atoms with Gasteiger partial charge in [-0.05, 0) is 36.4 Å². The Labute approximate surface area is 119 Å². The van der Waals surface area contributed by atoms with E-state index < -0.39 is 5.91 Å². The fraction of sp³-hybridized carbons (Fsp3) is 0. The molecule has 0 aliphatic rings. The van der Waals surface area contributed by atoms with E-state index in [0.29, 0.717) is 21.4 Å². The zero-order chi connectivity index (χ0) is 14.0. The van der Waals surface area contributed by atoms with Crippen LogP contribution in [0.5, 0.6) is 5.75 Å². The quantitative estimate of drug-likeness (QED) is 0.586. The Morgan fingerprint density at radius 3 is 2.58 bits per heavy atom. The second-order valence-corrected chi connectivity index (χ2v) is 4.70. The number of phenols is 1. The highest BCUT2D eigenvalue weighted by molar-refractivity contribution is 6.36. The highest BCUT2D eigenvalue weighted by atomic mass is 35.5. The van der Waals surface area contributed by atoms with Gasteiger partial charge in [0.1, 0.15) is 5.75 Å². The summed E-state index contributed by atoms with van der Waals surface area (Å²) in [6.07, 6.45) is 0. The first-order valence-electron chi connectivity index (χ1n) is 5.32. The zero-order valence-electron chi connectivity index (χ0n) is 9.65. The Morgan fingerprint density at radius 1 is 1.16 bits per heavy atom. The van der Waals surface area contributed by atoms with Gasteiger partial charge in [0.25, 0.3) is 5.91 Å². The lowest BCUT2D eigenvalue weighted by Gasteiger charge is -2.09. The summed E-state index contributed by atoms with van der Waals surface area (Å²) >= 11 is 11.7. The molecule has 0 saturated heterocycles. The smallest absolute Gasteiger partial charge is 0.259 e. The number of hydrogen-bond acceptors (Lipinski definition) is 3. The summed E-state index contributed by atoms with van der Waals surface area (Å²) in [7, 11) is 0. The van der Waals surface area contributed by atoms with Crippen molar-refractivity contribution in [3.05, 3.63) is 52.0 Å². The first-order valence-corrected chi connectivity index (χ1v) is 6.08. The van der Waals surface area contributed by atoms with E-state index in [4.69, 9.17) is 28.9 Å². The Hall–Kier alpha value is -1.91. The highest BCUT2D eigenvalue weighted by Crippen LogP contribution is 2.27. The summed E-state index contributed by atoms with van der Waals surface area (Å²) in [5.41, 5.74) is 6.43. The second kappa shape index (κ2) is 5.38. The van der Waals surface area contributed by atoms with Crippen molar-refractivity contribution in [2.24, 2.45) is 0 Å². The molecule has 2 rings (SSSR count). The van der Waals surface area contributed by atoms with Gasteiger partial charge in [-0.3, -0.25) is 4.79 Å². The highest BCUT2D eigenvalue weighted by Gasteiger charge is 2.13. The van der Waals surface area contributed by atoms with Crippen molar-refractivity contribution in [2.75, 3.05) is 11.1 Å². The monoisotopic (exact) mass is 296 g/mol. The van der Waals surface area contributed by atoms with E-state index in [1.807, 2.05) is 0 Å². The Bertz CT molecular complexity index is 645. The third kappa shape index (κ3) is 3.10. The minimum absolute atomic E-state index is 0.0750. The van der Waals surface area contributed by atoms with Gasteiger partial charge in [0.05, 0.1) is 16.3 Å². The molecule has 0 radical (unpaired) electrons. The number of rotatable bonds is 2. The minimum Gasteiger partial charge on any atom is -0.507 e. The van der Waals surface area contributed by atoms with E-state index in [1.54, 1.807) is 12.1 Å². The first-order chi connectivity index (χ1) is 8.97. The molecule has 4 N–H and O–H groups in total. The van der Waals surface area contributed by atoms with E-state index in [1.165, 1.54) is 24.3 Å². The topological polar surface area (TPSA) is 75.3 Å². The molecule has 0 unspecified atom stereocenters. The van der Waals surface area contributed by atoms with Crippen LogP contribution in [0.4, 0.5) is 11.4 Å². The van der Waals surface area contributed by atoms with Gasteiger partial charge < -0.3 is 16.2 Å². The average Bonchev–Trinajstić information content (AvgIpc) is 2.35. The maximum absolute atomic E-state index is 12.0. The fourth-order valence-electron chi connectivity index (χ4n) is 1.52. The maximum Gasteiger partial charge on any atom is 0.259 e. The van der Waals surface area contributed by atoms with Gasteiger partial charge in [-0.2, -0.15) is 0 Å². The van der Waals surface area contributed by atoms with Crippen LogP contribution in [-0.2, 0) is 0 Å². The van der Waals surface area contributed by atoms with Gasteiger partial charge in [0, 0.05) is 10.7 Å². The predicted molar refractivity (Wildman–Crippen MR) is 76.9 cm³/mol. The van der Waals surface area contributed by atoms with Gasteiger partial charge in [-0.1, -0.05) is 23.2 Å². The molecule has 0 aliphatic heterocycles. The third-order valence-corrected chi connectivity index (χ3v) is 2.99. The molecule has 4 nitrogen and oxygen atoms in total. The Morgan fingerprint density at radius 2 is 1.89 bits per heavy atom. The molecule has 0 aliphatic carbocycles. The predicted octanol–water partition coefficient (Wildman–Crippen LogP) is 3.53. The van der Waals surface area contributed by atoms with E-state index >= 15 is 0 Å². The van der Waals surface area contributed by atoms with Crippen molar-refractivity contribution < 1.29 is 9.90 Å². The summed E-state index contributed by atoms with van der Waals surface area (Å²) in [6.45, 7) is 0. The van der Waals surface area contributed by atoms with Gasteiger partial charge in [0.2, 0.25) is 0 Å². The van der Waals surface area contributed by atoms with Crippen molar-refractivity contribution in [2.45, 2.75) is 0 Å². The largest absolute Gasteiger partial charge is 0.507 e. The lowest BCUT2D eigenvalue weighted by atomic mass is 10.1. The van der Waals surface area contributed by atoms with Crippen molar-refractivity contribution in [3.8, 4) is 5.75 Å². The van der Waals surface area contributed by atoms with E-state index in [-0.39, 0.29) is 11.3 Å². The minimum atomic E-state index is -0.506.